The van der Waals surface area contributed by atoms with Gasteiger partial charge in [-0.1, -0.05) is 12.1 Å². The third kappa shape index (κ3) is 2.14. The molecule has 0 saturated heterocycles. The lowest BCUT2D eigenvalue weighted by atomic mass is 10.0. The average Bonchev–Trinajstić information content (AvgIpc) is 3.06. The topological polar surface area (TPSA) is 26.5 Å². The molecule has 0 fully saturated rings. The van der Waals surface area contributed by atoms with Gasteiger partial charge in [0.2, 0.25) is 0 Å². The Bertz CT molecular complexity index is 787. The van der Waals surface area contributed by atoms with Crippen LogP contribution >= 0.6 is 11.3 Å². The minimum atomic E-state index is 0.675. The van der Waals surface area contributed by atoms with E-state index in [0.29, 0.717) is 6.61 Å². The number of thiazole rings is 1. The maximum atomic E-state index is 5.73. The first kappa shape index (κ1) is 12.9. The van der Waals surface area contributed by atoms with Crippen molar-refractivity contribution in [2.24, 2.45) is 0 Å². The minimum Gasteiger partial charge on any atom is -0.493 e. The zero-order valence-corrected chi connectivity index (χ0v) is 12.9. The van der Waals surface area contributed by atoms with E-state index >= 15 is 0 Å². The highest BCUT2D eigenvalue weighted by atomic mass is 32.1. The Labute approximate surface area is 128 Å². The Balaban J connectivity index is 1.83. The highest BCUT2D eigenvalue weighted by Crippen LogP contribution is 2.34. The number of rotatable bonds is 3. The van der Waals surface area contributed by atoms with Crippen LogP contribution in [0.2, 0.25) is 0 Å². The fourth-order valence-corrected chi connectivity index (χ4v) is 4.24. The Morgan fingerprint density at radius 2 is 2.10 bits per heavy atom. The van der Waals surface area contributed by atoms with Crippen LogP contribution in [0.3, 0.4) is 0 Å². The van der Waals surface area contributed by atoms with E-state index < -0.39 is 0 Å². The third-order valence-electron chi connectivity index (χ3n) is 4.03. The van der Waals surface area contributed by atoms with Crippen molar-refractivity contribution in [2.45, 2.75) is 32.6 Å². The second-order valence-electron chi connectivity index (χ2n) is 5.39. The minimum absolute atomic E-state index is 0.675. The number of aromatic nitrogens is 2. The normalized spacial score (nSPS) is 14.3. The number of benzene rings is 1. The lowest BCUT2D eigenvalue weighted by molar-refractivity contribution is 0.341. The van der Waals surface area contributed by atoms with Crippen LogP contribution in [0.5, 0.6) is 5.75 Å². The molecule has 0 N–H and O–H groups in total. The zero-order chi connectivity index (χ0) is 14.2. The highest BCUT2D eigenvalue weighted by Gasteiger charge is 2.19. The first-order chi connectivity index (χ1) is 10.4. The molecular formula is C17H18N2OS. The Morgan fingerprint density at radius 3 is 3.00 bits per heavy atom. The van der Waals surface area contributed by atoms with Crippen LogP contribution in [0, 0.1) is 0 Å². The quantitative estimate of drug-likeness (QED) is 0.719. The molecule has 0 unspecified atom stereocenters. The van der Waals surface area contributed by atoms with Crippen molar-refractivity contribution in [3.8, 4) is 17.0 Å². The number of fused-ring (bicyclic) bond motifs is 3. The first-order valence-electron chi connectivity index (χ1n) is 7.58. The second-order valence-corrected chi connectivity index (χ2v) is 6.45. The molecule has 21 heavy (non-hydrogen) atoms. The number of hydrogen-bond donors (Lipinski definition) is 0. The van der Waals surface area contributed by atoms with Gasteiger partial charge in [0.05, 0.1) is 12.3 Å². The summed E-state index contributed by atoms with van der Waals surface area (Å²) >= 11 is 1.85. The van der Waals surface area contributed by atoms with E-state index in [-0.39, 0.29) is 0 Å². The summed E-state index contributed by atoms with van der Waals surface area (Å²) in [7, 11) is 0. The molecule has 0 radical (unpaired) electrons. The molecule has 1 aliphatic carbocycles. The van der Waals surface area contributed by atoms with Gasteiger partial charge in [0.25, 0.3) is 0 Å². The predicted octanol–water partition coefficient (Wildman–Crippen LogP) is 4.34. The molecule has 2 aromatic heterocycles. The van der Waals surface area contributed by atoms with Gasteiger partial charge in [0, 0.05) is 22.3 Å². The van der Waals surface area contributed by atoms with Gasteiger partial charge in [-0.2, -0.15) is 0 Å². The summed E-state index contributed by atoms with van der Waals surface area (Å²) < 4.78 is 8.02. The van der Waals surface area contributed by atoms with E-state index in [4.69, 9.17) is 9.72 Å². The smallest absolute Gasteiger partial charge is 0.194 e. The van der Waals surface area contributed by atoms with Crippen molar-refractivity contribution in [3.63, 3.8) is 0 Å². The Morgan fingerprint density at radius 1 is 1.24 bits per heavy atom. The van der Waals surface area contributed by atoms with E-state index in [9.17, 15) is 0 Å². The largest absolute Gasteiger partial charge is 0.493 e. The lowest BCUT2D eigenvalue weighted by Crippen LogP contribution is -2.01. The van der Waals surface area contributed by atoms with Crippen LogP contribution < -0.4 is 4.74 Å². The molecule has 0 saturated carbocycles. The number of nitrogens with zero attached hydrogens (tertiary/aromatic N) is 2. The number of para-hydroxylation sites is 1. The Kier molecular flexibility index (Phi) is 3.19. The first-order valence-corrected chi connectivity index (χ1v) is 8.40. The summed E-state index contributed by atoms with van der Waals surface area (Å²) in [5, 5.41) is 0. The summed E-state index contributed by atoms with van der Waals surface area (Å²) in [6.07, 6.45) is 7.18. The molecule has 108 valence electrons. The van der Waals surface area contributed by atoms with Crippen LogP contribution in [0.25, 0.3) is 16.2 Å². The van der Waals surface area contributed by atoms with Crippen molar-refractivity contribution in [2.75, 3.05) is 6.61 Å². The maximum Gasteiger partial charge on any atom is 0.194 e. The van der Waals surface area contributed by atoms with E-state index in [1.165, 1.54) is 36.3 Å². The molecule has 1 aliphatic rings. The van der Waals surface area contributed by atoms with Crippen LogP contribution in [0.1, 0.15) is 30.3 Å². The molecule has 3 nitrogen and oxygen atoms in total. The summed E-state index contributed by atoms with van der Waals surface area (Å²) in [4.78, 5) is 7.47. The SMILES string of the molecule is CCOc1ccccc1-c1cn2c3c(sc2n1)CCCC3. The number of imidazole rings is 1. The van der Waals surface area contributed by atoms with E-state index in [0.717, 1.165) is 22.0 Å². The summed E-state index contributed by atoms with van der Waals surface area (Å²) in [6.45, 7) is 2.69. The fraction of sp³-hybridized carbons (Fsp3) is 0.353. The molecule has 3 aromatic rings. The maximum absolute atomic E-state index is 5.73. The average molecular weight is 298 g/mol. The number of ether oxygens (including phenoxy) is 1. The van der Waals surface area contributed by atoms with E-state index in [1.807, 2.05) is 36.5 Å². The number of aryl methyl sites for hydroxylation is 2. The molecule has 4 rings (SSSR count). The molecule has 0 aliphatic heterocycles. The molecule has 0 spiro atoms. The van der Waals surface area contributed by atoms with Crippen molar-refractivity contribution >= 4 is 16.3 Å². The molecular weight excluding hydrogens is 280 g/mol. The predicted molar refractivity (Wildman–Crippen MR) is 86.3 cm³/mol. The van der Waals surface area contributed by atoms with Crippen LogP contribution in [0.15, 0.2) is 30.5 Å². The highest BCUT2D eigenvalue weighted by molar-refractivity contribution is 7.17. The molecule has 0 bridgehead atoms. The summed E-state index contributed by atoms with van der Waals surface area (Å²) in [5.74, 6) is 0.916. The summed E-state index contributed by atoms with van der Waals surface area (Å²) in [6, 6.07) is 8.15. The molecule has 0 amide bonds. The van der Waals surface area contributed by atoms with Crippen LogP contribution in [0.4, 0.5) is 0 Å². The third-order valence-corrected chi connectivity index (χ3v) is 5.19. The van der Waals surface area contributed by atoms with Crippen LogP contribution in [-0.2, 0) is 12.8 Å². The molecule has 2 heterocycles. The summed E-state index contributed by atoms with van der Waals surface area (Å²) in [5.41, 5.74) is 3.56. The van der Waals surface area contributed by atoms with Crippen molar-refractivity contribution < 1.29 is 4.74 Å². The van der Waals surface area contributed by atoms with Gasteiger partial charge in [-0.3, -0.25) is 4.40 Å². The zero-order valence-electron chi connectivity index (χ0n) is 12.1. The van der Waals surface area contributed by atoms with Crippen LogP contribution in [-0.4, -0.2) is 16.0 Å². The van der Waals surface area contributed by atoms with Gasteiger partial charge in [0.15, 0.2) is 4.96 Å². The standard InChI is InChI=1S/C17H18N2OS/c1-2-20-15-9-5-3-7-12(15)13-11-19-14-8-4-6-10-16(14)21-17(19)18-13/h3,5,7,9,11H,2,4,6,8,10H2,1H3. The monoisotopic (exact) mass is 298 g/mol. The second kappa shape index (κ2) is 5.19. The van der Waals surface area contributed by atoms with Gasteiger partial charge in [-0.05, 0) is 44.7 Å². The molecule has 1 aromatic carbocycles. The van der Waals surface area contributed by atoms with Gasteiger partial charge >= 0.3 is 0 Å². The molecule has 4 heteroatoms. The van der Waals surface area contributed by atoms with Crippen molar-refractivity contribution in [1.82, 2.24) is 9.38 Å². The van der Waals surface area contributed by atoms with Crippen molar-refractivity contribution in [3.05, 3.63) is 41.0 Å². The van der Waals surface area contributed by atoms with Gasteiger partial charge < -0.3 is 4.74 Å². The Hall–Kier alpha value is -1.81. The van der Waals surface area contributed by atoms with Gasteiger partial charge in [-0.25, -0.2) is 4.98 Å². The van der Waals surface area contributed by atoms with E-state index in [1.54, 1.807) is 0 Å². The lowest BCUT2D eigenvalue weighted by Gasteiger charge is -2.10. The molecule has 0 atom stereocenters. The number of hydrogen-bond acceptors (Lipinski definition) is 3. The fourth-order valence-electron chi connectivity index (χ4n) is 3.05. The van der Waals surface area contributed by atoms with E-state index in [2.05, 4.69) is 16.7 Å². The van der Waals surface area contributed by atoms with Crippen molar-refractivity contribution in [1.29, 1.82) is 0 Å². The van der Waals surface area contributed by atoms with Gasteiger partial charge in [-0.15, -0.1) is 11.3 Å². The van der Waals surface area contributed by atoms with Gasteiger partial charge in [0.1, 0.15) is 5.75 Å².